The third-order valence-corrected chi connectivity index (χ3v) is 4.36. The van der Waals surface area contributed by atoms with Crippen LogP contribution in [0.1, 0.15) is 21.7 Å². The van der Waals surface area contributed by atoms with Crippen molar-refractivity contribution in [3.63, 3.8) is 0 Å². The van der Waals surface area contributed by atoms with Crippen molar-refractivity contribution in [1.29, 1.82) is 0 Å². The predicted molar refractivity (Wildman–Crippen MR) is 99.7 cm³/mol. The lowest BCUT2D eigenvalue weighted by Crippen LogP contribution is -2.11. The van der Waals surface area contributed by atoms with Gasteiger partial charge in [-0.3, -0.25) is 14.9 Å². The number of aryl methyl sites for hydroxylation is 2. The Morgan fingerprint density at radius 2 is 1.85 bits per heavy atom. The summed E-state index contributed by atoms with van der Waals surface area (Å²) in [6.45, 7) is 3.59. The fourth-order valence-corrected chi connectivity index (χ4v) is 2.63. The molecule has 0 saturated heterocycles. The SMILES string of the molecule is Cc1ccc(-c2ccc(C(=O)Nc3ccc([N+](=O)[O-])cc3C)o2)cc1Cl. The number of hydrogen-bond acceptors (Lipinski definition) is 4. The van der Waals surface area contributed by atoms with E-state index in [9.17, 15) is 14.9 Å². The summed E-state index contributed by atoms with van der Waals surface area (Å²) in [5.74, 6) is 0.221. The average Bonchev–Trinajstić information content (AvgIpc) is 3.09. The number of nitro groups is 1. The Labute approximate surface area is 154 Å². The molecule has 0 spiro atoms. The van der Waals surface area contributed by atoms with Gasteiger partial charge in [-0.25, -0.2) is 0 Å². The molecule has 132 valence electrons. The van der Waals surface area contributed by atoms with E-state index in [0.29, 0.717) is 22.0 Å². The van der Waals surface area contributed by atoms with E-state index < -0.39 is 10.8 Å². The zero-order chi connectivity index (χ0) is 18.8. The second kappa shape index (κ2) is 7.01. The van der Waals surface area contributed by atoms with Crippen LogP contribution in [0.5, 0.6) is 0 Å². The van der Waals surface area contributed by atoms with Gasteiger partial charge in [0, 0.05) is 28.4 Å². The van der Waals surface area contributed by atoms with E-state index in [1.807, 2.05) is 19.1 Å². The lowest BCUT2D eigenvalue weighted by atomic mass is 10.1. The van der Waals surface area contributed by atoms with Crippen LogP contribution in [-0.4, -0.2) is 10.8 Å². The minimum atomic E-state index is -0.482. The number of furan rings is 1. The van der Waals surface area contributed by atoms with Crippen LogP contribution in [0.3, 0.4) is 0 Å². The van der Waals surface area contributed by atoms with Crippen LogP contribution in [0.25, 0.3) is 11.3 Å². The van der Waals surface area contributed by atoms with E-state index >= 15 is 0 Å². The maximum absolute atomic E-state index is 12.4. The molecule has 6 nitrogen and oxygen atoms in total. The number of nitrogens with zero attached hydrogens (tertiary/aromatic N) is 1. The zero-order valence-corrected chi connectivity index (χ0v) is 14.8. The zero-order valence-electron chi connectivity index (χ0n) is 14.1. The standard InChI is InChI=1S/C19H15ClN2O4/c1-11-3-4-13(10-15(11)20)17-7-8-18(26-17)19(23)21-16-6-5-14(22(24)25)9-12(16)2/h3-10H,1-2H3,(H,21,23). The van der Waals surface area contributed by atoms with E-state index in [0.717, 1.165) is 11.1 Å². The Bertz CT molecular complexity index is 1010. The van der Waals surface area contributed by atoms with Crippen LogP contribution in [0, 0.1) is 24.0 Å². The summed E-state index contributed by atoms with van der Waals surface area (Å²) < 4.78 is 5.62. The lowest BCUT2D eigenvalue weighted by molar-refractivity contribution is -0.384. The summed E-state index contributed by atoms with van der Waals surface area (Å²) in [6.07, 6.45) is 0. The highest BCUT2D eigenvalue weighted by molar-refractivity contribution is 6.31. The molecule has 1 heterocycles. The van der Waals surface area contributed by atoms with Gasteiger partial charge in [0.05, 0.1) is 4.92 Å². The van der Waals surface area contributed by atoms with Gasteiger partial charge in [-0.1, -0.05) is 23.7 Å². The molecule has 0 aliphatic heterocycles. The molecule has 0 fully saturated rings. The quantitative estimate of drug-likeness (QED) is 0.493. The van der Waals surface area contributed by atoms with Gasteiger partial charge >= 0.3 is 0 Å². The highest BCUT2D eigenvalue weighted by Crippen LogP contribution is 2.28. The van der Waals surface area contributed by atoms with Crippen LogP contribution in [0.4, 0.5) is 11.4 Å². The van der Waals surface area contributed by atoms with Gasteiger partial charge < -0.3 is 9.73 Å². The maximum Gasteiger partial charge on any atom is 0.291 e. The number of amides is 1. The van der Waals surface area contributed by atoms with Crippen LogP contribution in [0.2, 0.25) is 5.02 Å². The van der Waals surface area contributed by atoms with Crippen molar-refractivity contribution in [2.75, 3.05) is 5.32 Å². The summed E-state index contributed by atoms with van der Waals surface area (Å²) in [7, 11) is 0. The first-order chi connectivity index (χ1) is 12.3. The summed E-state index contributed by atoms with van der Waals surface area (Å²) in [5.41, 5.74) is 2.76. The van der Waals surface area contributed by atoms with Crippen LogP contribution in [-0.2, 0) is 0 Å². The molecule has 2 aromatic carbocycles. The van der Waals surface area contributed by atoms with Crippen molar-refractivity contribution in [2.24, 2.45) is 0 Å². The third-order valence-electron chi connectivity index (χ3n) is 3.96. The van der Waals surface area contributed by atoms with E-state index in [-0.39, 0.29) is 11.4 Å². The Balaban J connectivity index is 1.80. The van der Waals surface area contributed by atoms with Crippen molar-refractivity contribution in [2.45, 2.75) is 13.8 Å². The number of hydrogen-bond donors (Lipinski definition) is 1. The fraction of sp³-hybridized carbons (Fsp3) is 0.105. The number of carbonyl (C=O) groups excluding carboxylic acids is 1. The Morgan fingerprint density at radius 1 is 1.08 bits per heavy atom. The molecule has 1 aromatic heterocycles. The molecule has 3 aromatic rings. The number of non-ortho nitro benzene ring substituents is 1. The molecule has 0 atom stereocenters. The average molecular weight is 371 g/mol. The molecule has 1 amide bonds. The van der Waals surface area contributed by atoms with Crippen LogP contribution < -0.4 is 5.32 Å². The molecule has 1 N–H and O–H groups in total. The molecule has 0 aliphatic rings. The van der Waals surface area contributed by atoms with Crippen molar-refractivity contribution >= 4 is 28.9 Å². The van der Waals surface area contributed by atoms with Crippen molar-refractivity contribution < 1.29 is 14.1 Å². The number of benzene rings is 2. The van der Waals surface area contributed by atoms with Crippen LogP contribution >= 0.6 is 11.6 Å². The minimum Gasteiger partial charge on any atom is -0.451 e. The lowest BCUT2D eigenvalue weighted by Gasteiger charge is -2.06. The third kappa shape index (κ3) is 3.60. The molecule has 26 heavy (non-hydrogen) atoms. The number of halogens is 1. The van der Waals surface area contributed by atoms with Gasteiger partial charge in [0.1, 0.15) is 5.76 Å². The van der Waals surface area contributed by atoms with Gasteiger partial charge in [-0.2, -0.15) is 0 Å². The predicted octanol–water partition coefficient (Wildman–Crippen LogP) is 5.38. The Morgan fingerprint density at radius 3 is 2.50 bits per heavy atom. The second-order valence-corrected chi connectivity index (χ2v) is 6.25. The molecule has 0 saturated carbocycles. The molecule has 0 bridgehead atoms. The summed E-state index contributed by atoms with van der Waals surface area (Å²) in [6, 6.07) is 13.0. The molecule has 0 radical (unpaired) electrons. The van der Waals surface area contributed by atoms with Crippen molar-refractivity contribution in [3.05, 3.63) is 80.6 Å². The second-order valence-electron chi connectivity index (χ2n) is 5.84. The van der Waals surface area contributed by atoms with Crippen LogP contribution in [0.15, 0.2) is 52.9 Å². The summed E-state index contributed by atoms with van der Waals surface area (Å²) in [4.78, 5) is 22.7. The summed E-state index contributed by atoms with van der Waals surface area (Å²) in [5, 5.41) is 14.1. The van der Waals surface area contributed by atoms with E-state index in [4.69, 9.17) is 16.0 Å². The first-order valence-electron chi connectivity index (χ1n) is 7.78. The van der Waals surface area contributed by atoms with E-state index in [1.165, 1.54) is 18.2 Å². The first-order valence-corrected chi connectivity index (χ1v) is 8.15. The maximum atomic E-state index is 12.4. The monoisotopic (exact) mass is 370 g/mol. The number of nitro benzene ring substituents is 1. The highest BCUT2D eigenvalue weighted by Gasteiger charge is 2.15. The van der Waals surface area contributed by atoms with Gasteiger partial charge in [-0.05, 0) is 49.2 Å². The molecular formula is C19H15ClN2O4. The smallest absolute Gasteiger partial charge is 0.291 e. The Hall–Kier alpha value is -3.12. The van der Waals surface area contributed by atoms with E-state index in [1.54, 1.807) is 25.1 Å². The van der Waals surface area contributed by atoms with Crippen molar-refractivity contribution in [1.82, 2.24) is 0 Å². The van der Waals surface area contributed by atoms with Gasteiger partial charge in [0.15, 0.2) is 5.76 Å². The van der Waals surface area contributed by atoms with E-state index in [2.05, 4.69) is 5.32 Å². The minimum absolute atomic E-state index is 0.0305. The normalized spacial score (nSPS) is 10.6. The number of rotatable bonds is 4. The molecular weight excluding hydrogens is 356 g/mol. The number of nitrogens with one attached hydrogen (secondary N) is 1. The topological polar surface area (TPSA) is 85.4 Å². The number of anilines is 1. The summed E-state index contributed by atoms with van der Waals surface area (Å²) >= 11 is 6.12. The molecule has 0 unspecified atom stereocenters. The molecule has 3 rings (SSSR count). The number of carbonyl (C=O) groups is 1. The first kappa shape index (κ1) is 17.7. The van der Waals surface area contributed by atoms with Gasteiger partial charge in [-0.15, -0.1) is 0 Å². The fourth-order valence-electron chi connectivity index (χ4n) is 2.45. The largest absolute Gasteiger partial charge is 0.451 e. The van der Waals surface area contributed by atoms with Crippen molar-refractivity contribution in [3.8, 4) is 11.3 Å². The Kier molecular flexibility index (Phi) is 4.77. The molecule has 7 heteroatoms. The molecule has 0 aliphatic carbocycles. The van der Waals surface area contributed by atoms with Gasteiger partial charge in [0.25, 0.3) is 11.6 Å². The highest BCUT2D eigenvalue weighted by atomic mass is 35.5. The van der Waals surface area contributed by atoms with Gasteiger partial charge in [0.2, 0.25) is 0 Å².